The Morgan fingerprint density at radius 1 is 1.10 bits per heavy atom. The number of thiazole rings is 1. The second-order valence-electron chi connectivity index (χ2n) is 6.36. The van der Waals surface area contributed by atoms with Crippen LogP contribution in [0.3, 0.4) is 0 Å². The molecule has 0 unspecified atom stereocenters. The number of aryl methyl sites for hydroxylation is 2. The summed E-state index contributed by atoms with van der Waals surface area (Å²) in [5.41, 5.74) is 1.92. The Bertz CT molecular complexity index is 1090. The second kappa shape index (κ2) is 9.02. The number of nitrogens with one attached hydrogen (secondary N) is 1. The Morgan fingerprint density at radius 2 is 1.77 bits per heavy atom. The predicted octanol–water partition coefficient (Wildman–Crippen LogP) is 2.96. The number of aromatic nitrogens is 2. The smallest absolute Gasteiger partial charge is 0.245 e. The summed E-state index contributed by atoms with van der Waals surface area (Å²) < 4.78 is 48.6. The Balaban J connectivity index is 1.73. The summed E-state index contributed by atoms with van der Waals surface area (Å²) in [7, 11) is 0.960. The van der Waals surface area contributed by atoms with Crippen LogP contribution in [0.15, 0.2) is 26.9 Å². The van der Waals surface area contributed by atoms with Crippen LogP contribution in [0.25, 0.3) is 10.6 Å². The molecule has 30 heavy (non-hydrogen) atoms. The first kappa shape index (κ1) is 22.1. The first-order valence-electron chi connectivity index (χ1n) is 8.98. The molecule has 0 aliphatic rings. The SMILES string of the molecule is COc1cc(-c2nc(CCNS(=O)(=O)c3c(C)noc3C)cs2)cc(OC)c1OC. The molecular formula is C19H23N3O6S2. The maximum Gasteiger partial charge on any atom is 0.245 e. The monoisotopic (exact) mass is 453 g/mol. The molecule has 9 nitrogen and oxygen atoms in total. The average molecular weight is 454 g/mol. The molecule has 0 radical (unpaired) electrons. The van der Waals surface area contributed by atoms with E-state index < -0.39 is 10.0 Å². The van der Waals surface area contributed by atoms with Gasteiger partial charge in [0.15, 0.2) is 17.3 Å². The minimum atomic E-state index is -3.70. The highest BCUT2D eigenvalue weighted by molar-refractivity contribution is 7.89. The molecule has 0 fully saturated rings. The summed E-state index contributed by atoms with van der Waals surface area (Å²) in [4.78, 5) is 4.69. The molecule has 0 saturated carbocycles. The molecule has 1 N–H and O–H groups in total. The van der Waals surface area contributed by atoms with Gasteiger partial charge in [-0.1, -0.05) is 5.16 Å². The van der Waals surface area contributed by atoms with Crippen molar-refractivity contribution in [2.45, 2.75) is 25.2 Å². The van der Waals surface area contributed by atoms with Gasteiger partial charge in [0.1, 0.15) is 15.6 Å². The van der Waals surface area contributed by atoms with Crippen LogP contribution >= 0.6 is 11.3 Å². The van der Waals surface area contributed by atoms with Crippen molar-refractivity contribution in [1.82, 2.24) is 14.9 Å². The number of sulfonamides is 1. The summed E-state index contributed by atoms with van der Waals surface area (Å²) in [5, 5.41) is 6.35. The lowest BCUT2D eigenvalue weighted by molar-refractivity contribution is 0.324. The number of ether oxygens (including phenoxy) is 3. The molecule has 0 aliphatic heterocycles. The minimum Gasteiger partial charge on any atom is -0.493 e. The number of rotatable bonds is 9. The Hall–Kier alpha value is -2.63. The molecule has 0 saturated heterocycles. The zero-order valence-corrected chi connectivity index (χ0v) is 18.9. The fraction of sp³-hybridized carbons (Fsp3) is 0.368. The zero-order chi connectivity index (χ0) is 21.9. The van der Waals surface area contributed by atoms with E-state index in [-0.39, 0.29) is 17.2 Å². The van der Waals surface area contributed by atoms with Gasteiger partial charge in [0.2, 0.25) is 15.8 Å². The van der Waals surface area contributed by atoms with Crippen LogP contribution in [0.1, 0.15) is 17.1 Å². The van der Waals surface area contributed by atoms with Crippen molar-refractivity contribution in [3.8, 4) is 27.8 Å². The van der Waals surface area contributed by atoms with E-state index in [1.165, 1.54) is 11.3 Å². The van der Waals surface area contributed by atoms with E-state index in [0.29, 0.717) is 29.4 Å². The van der Waals surface area contributed by atoms with Crippen molar-refractivity contribution in [2.24, 2.45) is 0 Å². The molecule has 0 aliphatic carbocycles. The lowest BCUT2D eigenvalue weighted by Gasteiger charge is -2.13. The number of methoxy groups -OCH3 is 3. The minimum absolute atomic E-state index is 0.0823. The van der Waals surface area contributed by atoms with Gasteiger partial charge in [-0.2, -0.15) is 0 Å². The average Bonchev–Trinajstić information content (AvgIpc) is 3.33. The van der Waals surface area contributed by atoms with Crippen LogP contribution in [0.2, 0.25) is 0 Å². The van der Waals surface area contributed by atoms with E-state index >= 15 is 0 Å². The highest BCUT2D eigenvalue weighted by Gasteiger charge is 2.23. The summed E-state index contributed by atoms with van der Waals surface area (Å²) in [6, 6.07) is 3.65. The van der Waals surface area contributed by atoms with Gasteiger partial charge in [0.05, 0.1) is 27.0 Å². The molecule has 1 aromatic carbocycles. The van der Waals surface area contributed by atoms with Crippen molar-refractivity contribution in [1.29, 1.82) is 0 Å². The van der Waals surface area contributed by atoms with Crippen molar-refractivity contribution in [3.05, 3.63) is 34.7 Å². The largest absolute Gasteiger partial charge is 0.493 e. The second-order valence-corrected chi connectivity index (χ2v) is 8.92. The number of hydrogen-bond donors (Lipinski definition) is 1. The van der Waals surface area contributed by atoms with Crippen LogP contribution < -0.4 is 18.9 Å². The predicted molar refractivity (Wildman–Crippen MR) is 112 cm³/mol. The van der Waals surface area contributed by atoms with Gasteiger partial charge >= 0.3 is 0 Å². The molecule has 162 valence electrons. The Labute approximate surface area is 179 Å². The molecule has 0 bridgehead atoms. The van der Waals surface area contributed by atoms with E-state index in [2.05, 4.69) is 14.9 Å². The topological polar surface area (TPSA) is 113 Å². The highest BCUT2D eigenvalue weighted by Crippen LogP contribution is 2.41. The quantitative estimate of drug-likeness (QED) is 0.526. The third kappa shape index (κ3) is 4.42. The van der Waals surface area contributed by atoms with E-state index in [9.17, 15) is 8.42 Å². The van der Waals surface area contributed by atoms with E-state index in [0.717, 1.165) is 16.3 Å². The lowest BCUT2D eigenvalue weighted by atomic mass is 10.2. The number of hydrogen-bond acceptors (Lipinski definition) is 9. The van der Waals surface area contributed by atoms with Crippen molar-refractivity contribution in [3.63, 3.8) is 0 Å². The highest BCUT2D eigenvalue weighted by atomic mass is 32.2. The van der Waals surface area contributed by atoms with Gasteiger partial charge in [0.25, 0.3) is 0 Å². The fourth-order valence-corrected chi connectivity index (χ4v) is 5.20. The molecule has 3 rings (SSSR count). The Kier molecular flexibility index (Phi) is 6.64. The fourth-order valence-electron chi connectivity index (χ4n) is 3.00. The van der Waals surface area contributed by atoms with Gasteiger partial charge in [0, 0.05) is 23.9 Å². The first-order valence-corrected chi connectivity index (χ1v) is 11.3. The third-order valence-electron chi connectivity index (χ3n) is 4.37. The third-order valence-corrected chi connectivity index (χ3v) is 7.02. The van der Waals surface area contributed by atoms with Crippen molar-refractivity contribution in [2.75, 3.05) is 27.9 Å². The summed E-state index contributed by atoms with van der Waals surface area (Å²) in [5.74, 6) is 1.85. The van der Waals surface area contributed by atoms with Crippen LogP contribution in [-0.2, 0) is 16.4 Å². The lowest BCUT2D eigenvalue weighted by Crippen LogP contribution is -2.26. The summed E-state index contributed by atoms with van der Waals surface area (Å²) >= 11 is 1.45. The molecule has 0 atom stereocenters. The normalized spacial score (nSPS) is 11.5. The zero-order valence-electron chi connectivity index (χ0n) is 17.3. The van der Waals surface area contributed by atoms with Crippen molar-refractivity contribution >= 4 is 21.4 Å². The molecule has 2 aromatic heterocycles. The molecule has 0 amide bonds. The van der Waals surface area contributed by atoms with Gasteiger partial charge in [-0.05, 0) is 26.0 Å². The molecule has 3 aromatic rings. The first-order chi connectivity index (χ1) is 14.3. The standard InChI is InChI=1S/C19H23N3O6S2/c1-11-18(12(2)28-22-11)30(23,24)20-7-6-14-10-29-19(21-14)13-8-15(25-3)17(27-5)16(9-13)26-4/h8-10,20H,6-7H2,1-5H3. The van der Waals surface area contributed by atoms with Gasteiger partial charge < -0.3 is 18.7 Å². The van der Waals surface area contributed by atoms with E-state index in [4.69, 9.17) is 18.7 Å². The van der Waals surface area contributed by atoms with Crippen LogP contribution in [0.5, 0.6) is 17.2 Å². The molecule has 2 heterocycles. The van der Waals surface area contributed by atoms with Gasteiger partial charge in [-0.3, -0.25) is 0 Å². The number of benzene rings is 1. The molecule has 11 heteroatoms. The van der Waals surface area contributed by atoms with E-state index in [1.807, 2.05) is 17.5 Å². The Morgan fingerprint density at radius 3 is 2.30 bits per heavy atom. The number of nitrogens with zero attached hydrogens (tertiary/aromatic N) is 2. The van der Waals surface area contributed by atoms with Gasteiger partial charge in [-0.25, -0.2) is 18.1 Å². The van der Waals surface area contributed by atoms with Crippen LogP contribution in [0, 0.1) is 13.8 Å². The molecular weight excluding hydrogens is 430 g/mol. The summed E-state index contributed by atoms with van der Waals surface area (Å²) in [6.45, 7) is 3.36. The summed E-state index contributed by atoms with van der Waals surface area (Å²) in [6.07, 6.45) is 0.434. The van der Waals surface area contributed by atoms with Crippen LogP contribution in [0.4, 0.5) is 0 Å². The maximum absolute atomic E-state index is 12.5. The van der Waals surface area contributed by atoms with Crippen molar-refractivity contribution < 1.29 is 27.2 Å². The van der Waals surface area contributed by atoms with Crippen LogP contribution in [-0.4, -0.2) is 46.4 Å². The van der Waals surface area contributed by atoms with Gasteiger partial charge in [-0.15, -0.1) is 11.3 Å². The van der Waals surface area contributed by atoms with E-state index in [1.54, 1.807) is 35.2 Å². The molecule has 0 spiro atoms. The maximum atomic E-state index is 12.5.